The maximum atomic E-state index is 2.68. The number of rotatable bonds is 2. The predicted octanol–water partition coefficient (Wildman–Crippen LogP) is 6.31. The monoisotopic (exact) mass is 386 g/mol. The summed E-state index contributed by atoms with van der Waals surface area (Å²) in [6, 6.07) is 0. The molecule has 0 aliphatic heterocycles. The summed E-state index contributed by atoms with van der Waals surface area (Å²) >= 11 is -1.48. The third kappa shape index (κ3) is 2.69. The summed E-state index contributed by atoms with van der Waals surface area (Å²) < 4.78 is 1.93. The molecule has 2 atom stereocenters. The first-order valence-corrected chi connectivity index (χ1v) is 18.3. The molecule has 116 valence electrons. The van der Waals surface area contributed by atoms with Crippen molar-refractivity contribution in [2.24, 2.45) is 0 Å². The van der Waals surface area contributed by atoms with Crippen LogP contribution in [0.2, 0.25) is 20.3 Å². The first-order chi connectivity index (χ1) is 10.8. The van der Waals surface area contributed by atoms with Gasteiger partial charge in [0.25, 0.3) is 0 Å². The van der Waals surface area contributed by atoms with Gasteiger partial charge in [0.1, 0.15) is 0 Å². The Bertz CT molecular complexity index is 591. The summed E-state index contributed by atoms with van der Waals surface area (Å²) in [7, 11) is 0. The van der Waals surface area contributed by atoms with Crippen LogP contribution >= 0.6 is 0 Å². The molecule has 4 aliphatic carbocycles. The Kier molecular flexibility index (Phi) is 4.62. The van der Waals surface area contributed by atoms with Crippen LogP contribution in [0.25, 0.3) is 0 Å². The Morgan fingerprint density at radius 2 is 1.23 bits per heavy atom. The van der Waals surface area contributed by atoms with E-state index in [9.17, 15) is 0 Å². The van der Waals surface area contributed by atoms with E-state index in [4.69, 9.17) is 0 Å². The quantitative estimate of drug-likeness (QED) is 0.487. The van der Waals surface area contributed by atoms with Crippen molar-refractivity contribution in [3.63, 3.8) is 0 Å². The molecule has 4 rings (SSSR count). The summed E-state index contributed by atoms with van der Waals surface area (Å²) in [5.41, 5.74) is 7.25. The second-order valence-corrected chi connectivity index (χ2v) is 25.7. The van der Waals surface area contributed by atoms with Gasteiger partial charge in [-0.1, -0.05) is 0 Å². The second kappa shape index (κ2) is 6.52. The van der Waals surface area contributed by atoms with Crippen molar-refractivity contribution in [1.82, 2.24) is 0 Å². The van der Waals surface area contributed by atoms with Gasteiger partial charge in [0.05, 0.1) is 0 Å². The van der Waals surface area contributed by atoms with E-state index in [0.717, 1.165) is 7.25 Å². The summed E-state index contributed by atoms with van der Waals surface area (Å²) in [6.45, 7) is 5.29. The van der Waals surface area contributed by atoms with Gasteiger partial charge < -0.3 is 0 Å². The molecule has 0 heterocycles. The number of hydrogen-bond acceptors (Lipinski definition) is 0. The van der Waals surface area contributed by atoms with Crippen molar-refractivity contribution in [1.29, 1.82) is 0 Å². The van der Waals surface area contributed by atoms with E-state index in [1.165, 1.54) is 51.4 Å². The van der Waals surface area contributed by atoms with E-state index in [-0.39, 0.29) is 5.43 Å². The van der Waals surface area contributed by atoms with E-state index < -0.39 is 20.4 Å². The fourth-order valence-electron chi connectivity index (χ4n) is 5.05. The molecule has 0 radical (unpaired) electrons. The standard InChI is InChI=1S/2C9H11.C2H6Si.Zr/c2*1-2-5-9-7-3-6-8(9)4-1;1-3-2;/h2*3,6-7H,1-2,4-5H2;1-2H3;. The molecule has 0 aromatic heterocycles. The summed E-state index contributed by atoms with van der Waals surface area (Å²) in [6.07, 6.45) is 21.8. The predicted molar refractivity (Wildman–Crippen MR) is 94.3 cm³/mol. The van der Waals surface area contributed by atoms with Crippen molar-refractivity contribution in [3.8, 4) is 0 Å². The zero-order chi connectivity index (χ0) is 15.1. The fourth-order valence-corrected chi connectivity index (χ4v) is 24.6. The number of hydrogen-bond donors (Lipinski definition) is 0. The van der Waals surface area contributed by atoms with Gasteiger partial charge in [-0.3, -0.25) is 0 Å². The molecule has 2 heteroatoms. The molecule has 2 unspecified atom stereocenters. The van der Waals surface area contributed by atoms with E-state index in [0.29, 0.717) is 0 Å². The minimum atomic E-state index is -1.48. The zero-order valence-corrected chi connectivity index (χ0v) is 17.6. The first kappa shape index (κ1) is 15.6. The van der Waals surface area contributed by atoms with Gasteiger partial charge in [0.15, 0.2) is 0 Å². The molecule has 0 N–H and O–H groups in total. The Balaban J connectivity index is 1.71. The Labute approximate surface area is 143 Å². The molecule has 0 bridgehead atoms. The summed E-state index contributed by atoms with van der Waals surface area (Å²) in [5, 5.41) is 0. The van der Waals surface area contributed by atoms with Crippen molar-refractivity contribution in [2.75, 3.05) is 0 Å². The van der Waals surface area contributed by atoms with Gasteiger partial charge in [-0.05, 0) is 0 Å². The van der Waals surface area contributed by atoms with Crippen LogP contribution in [0.1, 0.15) is 51.4 Å². The Morgan fingerprint density at radius 1 is 0.773 bits per heavy atom. The van der Waals surface area contributed by atoms with Crippen LogP contribution < -0.4 is 0 Å². The summed E-state index contributed by atoms with van der Waals surface area (Å²) in [5.74, 6) is 0. The van der Waals surface area contributed by atoms with Crippen molar-refractivity contribution in [3.05, 3.63) is 46.6 Å². The second-order valence-electron chi connectivity index (χ2n) is 7.64. The van der Waals surface area contributed by atoms with Crippen molar-refractivity contribution >= 4 is 5.43 Å². The van der Waals surface area contributed by atoms with Crippen LogP contribution in [-0.4, -0.2) is 5.43 Å². The van der Waals surface area contributed by atoms with E-state index in [1.54, 1.807) is 11.1 Å². The number of allylic oxidation sites excluding steroid dienone is 8. The SMILES string of the molecule is C[Si](C)=[Zr]([CH]1C=CC2=C1CCCC2)[CH]1C=CC2=C1CCCC2. The third-order valence-electron chi connectivity index (χ3n) is 6.09. The van der Waals surface area contributed by atoms with Crippen LogP contribution in [0, 0.1) is 0 Å². The molecule has 0 aromatic rings. The normalized spacial score (nSPS) is 29.9. The van der Waals surface area contributed by atoms with Gasteiger partial charge in [-0.25, -0.2) is 0 Å². The molecule has 0 amide bonds. The van der Waals surface area contributed by atoms with Gasteiger partial charge in [0, 0.05) is 0 Å². The fraction of sp³-hybridized carbons (Fsp3) is 0.600. The van der Waals surface area contributed by atoms with Crippen LogP contribution in [-0.2, 0) is 20.4 Å². The van der Waals surface area contributed by atoms with Gasteiger partial charge in [-0.2, -0.15) is 0 Å². The minimum absolute atomic E-state index is 0.112. The van der Waals surface area contributed by atoms with Crippen LogP contribution in [0.4, 0.5) is 0 Å². The van der Waals surface area contributed by atoms with Crippen LogP contribution in [0.5, 0.6) is 0 Å². The molecule has 0 nitrogen and oxygen atoms in total. The van der Waals surface area contributed by atoms with E-state index in [2.05, 4.69) is 37.4 Å². The molecule has 0 saturated carbocycles. The van der Waals surface area contributed by atoms with Crippen molar-refractivity contribution in [2.45, 2.75) is 71.7 Å². The molecule has 0 saturated heterocycles. The van der Waals surface area contributed by atoms with Crippen LogP contribution in [0.3, 0.4) is 0 Å². The topological polar surface area (TPSA) is 0 Å². The maximum absolute atomic E-state index is 2.68. The van der Waals surface area contributed by atoms with E-state index in [1.807, 2.05) is 11.1 Å². The molecule has 22 heavy (non-hydrogen) atoms. The van der Waals surface area contributed by atoms with Gasteiger partial charge in [-0.15, -0.1) is 0 Å². The van der Waals surface area contributed by atoms with Gasteiger partial charge >= 0.3 is 144 Å². The van der Waals surface area contributed by atoms with Gasteiger partial charge in [0.2, 0.25) is 0 Å². The molecule has 0 spiro atoms. The average molecular weight is 388 g/mol. The summed E-state index contributed by atoms with van der Waals surface area (Å²) in [4.78, 5) is 0. The zero-order valence-electron chi connectivity index (χ0n) is 14.1. The van der Waals surface area contributed by atoms with Crippen LogP contribution in [0.15, 0.2) is 46.6 Å². The average Bonchev–Trinajstić information content (AvgIpc) is 3.13. The Hall–Kier alpha value is 0.0600. The third-order valence-corrected chi connectivity index (χ3v) is 25.4. The van der Waals surface area contributed by atoms with E-state index >= 15 is 0 Å². The molecular weight excluding hydrogens is 360 g/mol. The molecule has 0 aromatic carbocycles. The molecule has 0 fully saturated rings. The first-order valence-electron chi connectivity index (χ1n) is 9.23. The molecular formula is C20H28SiZr. The molecule has 4 aliphatic rings. The Morgan fingerprint density at radius 3 is 1.68 bits per heavy atom. The van der Waals surface area contributed by atoms with Crippen molar-refractivity contribution < 1.29 is 20.4 Å².